The second-order valence-corrected chi connectivity index (χ2v) is 5.92. The fourth-order valence-electron chi connectivity index (χ4n) is 2.63. The normalized spacial score (nSPS) is 10.9. The van der Waals surface area contributed by atoms with Crippen LogP contribution in [0.15, 0.2) is 63.4 Å². The molecule has 0 aliphatic heterocycles. The minimum atomic E-state index is -0.702. The summed E-state index contributed by atoms with van der Waals surface area (Å²) in [6.45, 7) is 1.98. The summed E-state index contributed by atoms with van der Waals surface area (Å²) in [5.74, 6) is -0.797. The molecular weight excluding hydrogens is 350 g/mol. The zero-order valence-corrected chi connectivity index (χ0v) is 14.1. The molecule has 1 amide bonds. The van der Waals surface area contributed by atoms with E-state index in [0.717, 1.165) is 17.1 Å². The number of nitrogens with zero attached hydrogens (tertiary/aromatic N) is 2. The molecule has 1 N–H and O–H groups in total. The van der Waals surface area contributed by atoms with Gasteiger partial charge in [-0.25, -0.2) is 4.98 Å². The van der Waals surface area contributed by atoms with Crippen molar-refractivity contribution in [2.75, 3.05) is 5.32 Å². The highest BCUT2D eigenvalue weighted by atomic mass is 16.6. The summed E-state index contributed by atoms with van der Waals surface area (Å²) in [4.78, 5) is 26.6. The number of amides is 1. The number of anilines is 1. The molecule has 27 heavy (non-hydrogen) atoms. The lowest BCUT2D eigenvalue weighted by Crippen LogP contribution is -2.10. The first kappa shape index (κ1) is 16.5. The fourth-order valence-corrected chi connectivity index (χ4v) is 2.63. The Labute approximate surface area is 152 Å². The van der Waals surface area contributed by atoms with Crippen molar-refractivity contribution in [2.24, 2.45) is 0 Å². The molecule has 134 valence electrons. The standard InChI is InChI=1S/C19H13N3O5/c1-11-5-6-15-14(9-11)21-19(27-15)12-3-2-4-13(10-12)20-18(23)16-7-8-17(26-16)22(24)25/h2-10H,1H3,(H,20,23). The molecule has 8 nitrogen and oxygen atoms in total. The number of nitrogens with one attached hydrogen (secondary N) is 1. The van der Waals surface area contributed by atoms with Crippen LogP contribution in [0.25, 0.3) is 22.6 Å². The molecule has 0 unspecified atom stereocenters. The van der Waals surface area contributed by atoms with Crippen LogP contribution < -0.4 is 5.32 Å². The molecule has 2 aromatic carbocycles. The van der Waals surface area contributed by atoms with Gasteiger partial charge in [-0.3, -0.25) is 14.9 Å². The number of carbonyl (C=O) groups is 1. The zero-order chi connectivity index (χ0) is 19.0. The Balaban J connectivity index is 1.59. The summed E-state index contributed by atoms with van der Waals surface area (Å²) in [5.41, 5.74) is 3.67. The van der Waals surface area contributed by atoms with E-state index in [1.165, 1.54) is 6.07 Å². The highest BCUT2D eigenvalue weighted by molar-refractivity contribution is 6.02. The third-order valence-corrected chi connectivity index (χ3v) is 3.91. The number of oxazole rings is 1. The van der Waals surface area contributed by atoms with Gasteiger partial charge in [-0.2, -0.15) is 0 Å². The number of furan rings is 1. The van der Waals surface area contributed by atoms with Gasteiger partial charge in [0, 0.05) is 11.3 Å². The number of fused-ring (bicyclic) bond motifs is 1. The van der Waals surface area contributed by atoms with E-state index >= 15 is 0 Å². The first-order valence-corrected chi connectivity index (χ1v) is 8.03. The smallest absolute Gasteiger partial charge is 0.433 e. The molecule has 8 heteroatoms. The summed E-state index contributed by atoms with van der Waals surface area (Å²) in [7, 11) is 0. The highest BCUT2D eigenvalue weighted by Crippen LogP contribution is 2.27. The van der Waals surface area contributed by atoms with E-state index in [1.54, 1.807) is 18.2 Å². The van der Waals surface area contributed by atoms with Gasteiger partial charge in [-0.1, -0.05) is 12.1 Å². The Morgan fingerprint density at radius 2 is 1.96 bits per heavy atom. The predicted molar refractivity (Wildman–Crippen MR) is 97.5 cm³/mol. The molecule has 4 rings (SSSR count). The van der Waals surface area contributed by atoms with Crippen LogP contribution in [0.3, 0.4) is 0 Å². The number of rotatable bonds is 4. The van der Waals surface area contributed by atoms with Gasteiger partial charge in [0.05, 0.1) is 6.07 Å². The van der Waals surface area contributed by atoms with Gasteiger partial charge in [0.15, 0.2) is 11.3 Å². The monoisotopic (exact) mass is 363 g/mol. The maximum atomic E-state index is 12.2. The van der Waals surface area contributed by atoms with E-state index in [0.29, 0.717) is 22.7 Å². The first-order valence-electron chi connectivity index (χ1n) is 8.03. The van der Waals surface area contributed by atoms with Crippen LogP contribution >= 0.6 is 0 Å². The van der Waals surface area contributed by atoms with Gasteiger partial charge in [0.1, 0.15) is 10.4 Å². The molecular formula is C19H13N3O5. The van der Waals surface area contributed by atoms with Crippen LogP contribution in [0.1, 0.15) is 16.1 Å². The van der Waals surface area contributed by atoms with Crippen LogP contribution in [0.2, 0.25) is 0 Å². The topological polar surface area (TPSA) is 111 Å². The highest BCUT2D eigenvalue weighted by Gasteiger charge is 2.18. The third-order valence-electron chi connectivity index (χ3n) is 3.91. The lowest BCUT2D eigenvalue weighted by atomic mass is 10.2. The van der Waals surface area contributed by atoms with Crippen molar-refractivity contribution in [3.63, 3.8) is 0 Å². The maximum Gasteiger partial charge on any atom is 0.433 e. The third kappa shape index (κ3) is 3.28. The van der Waals surface area contributed by atoms with Crippen molar-refractivity contribution in [3.05, 3.63) is 76.0 Å². The lowest BCUT2D eigenvalue weighted by Gasteiger charge is -2.04. The van der Waals surface area contributed by atoms with Gasteiger partial charge in [-0.05, 0) is 48.9 Å². The molecule has 0 atom stereocenters. The average Bonchev–Trinajstić information content (AvgIpc) is 3.29. The van der Waals surface area contributed by atoms with Crippen molar-refractivity contribution in [2.45, 2.75) is 6.92 Å². The first-order chi connectivity index (χ1) is 13.0. The van der Waals surface area contributed by atoms with Crippen molar-refractivity contribution in [3.8, 4) is 11.5 Å². The Hall–Kier alpha value is -3.94. The SMILES string of the molecule is Cc1ccc2oc(-c3cccc(NC(=O)c4ccc([N+](=O)[O-])o4)c3)nc2c1. The van der Waals surface area contributed by atoms with Crippen LogP contribution in [0.4, 0.5) is 11.6 Å². The van der Waals surface area contributed by atoms with E-state index in [9.17, 15) is 14.9 Å². The molecule has 0 aliphatic rings. The second-order valence-electron chi connectivity index (χ2n) is 5.92. The summed E-state index contributed by atoms with van der Waals surface area (Å²) >= 11 is 0. The number of nitro groups is 1. The molecule has 4 aromatic rings. The zero-order valence-electron chi connectivity index (χ0n) is 14.1. The van der Waals surface area contributed by atoms with Crippen LogP contribution in [-0.4, -0.2) is 15.8 Å². The molecule has 0 bridgehead atoms. The number of carbonyl (C=O) groups excluding carboxylic acids is 1. The Kier molecular flexibility index (Phi) is 3.92. The van der Waals surface area contributed by atoms with Gasteiger partial charge in [0.2, 0.25) is 5.89 Å². The number of hydrogen-bond acceptors (Lipinski definition) is 6. The van der Waals surface area contributed by atoms with E-state index in [-0.39, 0.29) is 5.76 Å². The number of hydrogen-bond donors (Lipinski definition) is 1. The molecule has 0 fully saturated rings. The molecule has 0 spiro atoms. The lowest BCUT2D eigenvalue weighted by molar-refractivity contribution is -0.402. The van der Waals surface area contributed by atoms with Crippen molar-refractivity contribution >= 4 is 28.6 Å². The predicted octanol–water partition coefficient (Wildman–Crippen LogP) is 4.56. The van der Waals surface area contributed by atoms with Crippen LogP contribution in [0.5, 0.6) is 0 Å². The van der Waals surface area contributed by atoms with E-state index < -0.39 is 16.7 Å². The van der Waals surface area contributed by atoms with Crippen molar-refractivity contribution < 1.29 is 18.6 Å². The van der Waals surface area contributed by atoms with Gasteiger partial charge >= 0.3 is 5.88 Å². The summed E-state index contributed by atoms with van der Waals surface area (Å²) in [6, 6.07) is 15.1. The van der Waals surface area contributed by atoms with E-state index in [1.807, 2.05) is 31.2 Å². The minimum Gasteiger partial charge on any atom is -0.436 e. The minimum absolute atomic E-state index is 0.149. The second kappa shape index (κ2) is 6.41. The molecule has 0 aliphatic carbocycles. The number of benzene rings is 2. The quantitative estimate of drug-likeness (QED) is 0.420. The van der Waals surface area contributed by atoms with Gasteiger partial charge in [0.25, 0.3) is 5.91 Å². The maximum absolute atomic E-state index is 12.2. The van der Waals surface area contributed by atoms with Crippen LogP contribution in [0, 0.1) is 17.0 Å². The van der Waals surface area contributed by atoms with Crippen LogP contribution in [-0.2, 0) is 0 Å². The molecule has 0 saturated heterocycles. The Morgan fingerprint density at radius 3 is 2.74 bits per heavy atom. The molecule has 0 saturated carbocycles. The summed E-state index contributed by atoms with van der Waals surface area (Å²) in [6.07, 6.45) is 0. The summed E-state index contributed by atoms with van der Waals surface area (Å²) in [5, 5.41) is 13.3. The molecule has 2 aromatic heterocycles. The van der Waals surface area contributed by atoms with E-state index in [2.05, 4.69) is 10.3 Å². The Morgan fingerprint density at radius 1 is 1.11 bits per heavy atom. The number of aryl methyl sites for hydroxylation is 1. The van der Waals surface area contributed by atoms with E-state index in [4.69, 9.17) is 8.83 Å². The molecule has 2 heterocycles. The van der Waals surface area contributed by atoms with Crippen molar-refractivity contribution in [1.82, 2.24) is 4.98 Å². The number of aromatic nitrogens is 1. The van der Waals surface area contributed by atoms with Gasteiger partial charge < -0.3 is 14.2 Å². The summed E-state index contributed by atoms with van der Waals surface area (Å²) < 4.78 is 10.7. The van der Waals surface area contributed by atoms with Crippen molar-refractivity contribution in [1.29, 1.82) is 0 Å². The molecule has 0 radical (unpaired) electrons. The largest absolute Gasteiger partial charge is 0.436 e. The Bertz CT molecular complexity index is 1180. The van der Waals surface area contributed by atoms with Gasteiger partial charge in [-0.15, -0.1) is 0 Å². The average molecular weight is 363 g/mol. The fraction of sp³-hybridized carbons (Fsp3) is 0.0526.